The van der Waals surface area contributed by atoms with Crippen LogP contribution in [-0.2, 0) is 18.3 Å². The van der Waals surface area contributed by atoms with Crippen LogP contribution >= 0.6 is 0 Å². The number of likely N-dealkylation sites (tertiary alicyclic amines) is 1. The number of hydrogen-bond donors (Lipinski definition) is 5. The van der Waals surface area contributed by atoms with Crippen molar-refractivity contribution in [3.05, 3.63) is 81.8 Å². The third-order valence-corrected chi connectivity index (χ3v) is 11.7. The summed E-state index contributed by atoms with van der Waals surface area (Å²) in [4.78, 5) is 64.4. The van der Waals surface area contributed by atoms with Gasteiger partial charge in [-0.15, -0.1) is 0 Å². The molecule has 2 atom stereocenters. The SMILES string of the molecule is COc1c(O)c2c(c3cc(C(=O)N4CCc5c4c(O)c(OC)c4[nH]c(C(=O)N6C[C@H]7C[C@@]78C6=CC(=O)c6ccccc68)cc54)[nH]c13)CCN2C(N)=O. The number of allylic oxidation sites excluding steroid dienone is 2. The number of primary amides is 1. The highest BCUT2D eigenvalue weighted by atomic mass is 16.5. The first-order chi connectivity index (χ1) is 25.1. The van der Waals surface area contributed by atoms with E-state index in [2.05, 4.69) is 9.97 Å². The van der Waals surface area contributed by atoms with Crippen molar-refractivity contribution in [2.75, 3.05) is 43.7 Å². The Morgan fingerprint density at radius 1 is 0.846 bits per heavy atom. The molecule has 5 aliphatic rings. The molecule has 0 bridgehead atoms. The minimum Gasteiger partial charge on any atom is -0.503 e. The second-order valence-corrected chi connectivity index (χ2v) is 14.0. The first-order valence-corrected chi connectivity index (χ1v) is 17.0. The number of aromatic amines is 2. The van der Waals surface area contributed by atoms with E-state index in [1.807, 2.05) is 24.3 Å². The maximum absolute atomic E-state index is 14.2. The molecule has 14 heteroatoms. The Morgan fingerprint density at radius 2 is 1.40 bits per heavy atom. The molecule has 52 heavy (non-hydrogen) atoms. The van der Waals surface area contributed by atoms with Gasteiger partial charge in [0.1, 0.15) is 11.4 Å². The number of benzene rings is 3. The lowest BCUT2D eigenvalue weighted by Gasteiger charge is -2.29. The van der Waals surface area contributed by atoms with E-state index in [0.717, 1.165) is 17.7 Å². The van der Waals surface area contributed by atoms with Crippen LogP contribution in [0.15, 0.2) is 48.2 Å². The molecule has 2 aliphatic carbocycles. The van der Waals surface area contributed by atoms with Crippen LogP contribution in [0.4, 0.5) is 16.2 Å². The lowest BCUT2D eigenvalue weighted by Crippen LogP contribution is -2.34. The van der Waals surface area contributed by atoms with Gasteiger partial charge in [-0.3, -0.25) is 19.3 Å². The first kappa shape index (κ1) is 30.4. The van der Waals surface area contributed by atoms with Gasteiger partial charge in [-0.2, -0.15) is 0 Å². The molecule has 10 rings (SSSR count). The van der Waals surface area contributed by atoms with Crippen molar-refractivity contribution in [1.29, 1.82) is 0 Å². The van der Waals surface area contributed by atoms with E-state index in [0.29, 0.717) is 57.9 Å². The van der Waals surface area contributed by atoms with Crippen molar-refractivity contribution in [2.24, 2.45) is 11.7 Å². The number of urea groups is 1. The number of methoxy groups -OCH3 is 2. The predicted octanol–water partition coefficient (Wildman–Crippen LogP) is 4.22. The number of phenolic OH excluding ortho intramolecular Hbond substituents is 2. The molecule has 0 unspecified atom stereocenters. The molecule has 1 saturated heterocycles. The van der Waals surface area contributed by atoms with E-state index in [-0.39, 0.29) is 81.9 Å². The molecule has 262 valence electrons. The fourth-order valence-corrected chi connectivity index (χ4v) is 9.42. The highest BCUT2D eigenvalue weighted by molar-refractivity contribution is 6.15. The highest BCUT2D eigenvalue weighted by Gasteiger charge is 2.67. The molecule has 0 radical (unpaired) electrons. The molecule has 2 aromatic heterocycles. The number of nitrogens with two attached hydrogens (primary N) is 1. The van der Waals surface area contributed by atoms with Gasteiger partial charge in [0.2, 0.25) is 0 Å². The normalized spacial score (nSPS) is 20.8. The van der Waals surface area contributed by atoms with Gasteiger partial charge < -0.3 is 45.2 Å². The Balaban J connectivity index is 1.03. The molecule has 4 amide bonds. The summed E-state index contributed by atoms with van der Waals surface area (Å²) in [6.45, 7) is 0.984. The molecule has 5 heterocycles. The van der Waals surface area contributed by atoms with Crippen LogP contribution in [0.5, 0.6) is 23.0 Å². The number of H-pyrrole nitrogens is 2. The quantitative estimate of drug-likeness (QED) is 0.184. The fraction of sp³-hybridized carbons (Fsp3) is 0.263. The molecular weight excluding hydrogens is 668 g/mol. The lowest BCUT2D eigenvalue weighted by molar-refractivity contribution is 0.0806. The molecule has 14 nitrogen and oxygen atoms in total. The summed E-state index contributed by atoms with van der Waals surface area (Å²) in [5.41, 5.74) is 10.7. The number of aromatic nitrogens is 2. The Kier molecular flexibility index (Phi) is 5.89. The van der Waals surface area contributed by atoms with Crippen molar-refractivity contribution in [2.45, 2.75) is 24.7 Å². The summed E-state index contributed by atoms with van der Waals surface area (Å²) in [5, 5.41) is 23.9. The number of piperidine rings is 1. The van der Waals surface area contributed by atoms with Gasteiger partial charge in [0.15, 0.2) is 28.8 Å². The number of carbonyl (C=O) groups is 4. The van der Waals surface area contributed by atoms with Crippen LogP contribution < -0.4 is 25.0 Å². The third kappa shape index (κ3) is 3.62. The Morgan fingerprint density at radius 3 is 2.00 bits per heavy atom. The Bertz CT molecular complexity index is 2570. The fourth-order valence-electron chi connectivity index (χ4n) is 9.42. The first-order valence-electron chi connectivity index (χ1n) is 17.0. The average Bonchev–Trinajstić information content (AvgIpc) is 3.78. The minimum absolute atomic E-state index is 0.0670. The number of ether oxygens (including phenoxy) is 2. The van der Waals surface area contributed by atoms with E-state index in [4.69, 9.17) is 15.2 Å². The van der Waals surface area contributed by atoms with E-state index in [1.165, 1.54) is 24.0 Å². The van der Waals surface area contributed by atoms with Gasteiger partial charge in [0.05, 0.1) is 36.6 Å². The van der Waals surface area contributed by atoms with Crippen molar-refractivity contribution < 1.29 is 38.9 Å². The monoisotopic (exact) mass is 700 g/mol. The number of phenols is 2. The van der Waals surface area contributed by atoms with E-state index < -0.39 is 11.9 Å². The summed E-state index contributed by atoms with van der Waals surface area (Å²) >= 11 is 0. The van der Waals surface area contributed by atoms with Crippen LogP contribution in [0, 0.1) is 5.92 Å². The molecule has 3 aliphatic heterocycles. The van der Waals surface area contributed by atoms with Crippen molar-refractivity contribution in [3.63, 3.8) is 0 Å². The Labute approximate surface area is 295 Å². The number of rotatable bonds is 4. The van der Waals surface area contributed by atoms with Gasteiger partial charge in [-0.05, 0) is 54.0 Å². The minimum atomic E-state index is -0.714. The van der Waals surface area contributed by atoms with Crippen LogP contribution in [0.1, 0.15) is 54.4 Å². The number of nitrogens with one attached hydrogen (secondary N) is 2. The number of nitrogens with zero attached hydrogens (tertiary/aromatic N) is 3. The Hall–Kier alpha value is -6.44. The summed E-state index contributed by atoms with van der Waals surface area (Å²) in [7, 11) is 2.79. The van der Waals surface area contributed by atoms with E-state index in [9.17, 15) is 29.4 Å². The number of hydrogen-bond acceptors (Lipinski definition) is 8. The average molecular weight is 701 g/mol. The predicted molar refractivity (Wildman–Crippen MR) is 189 cm³/mol. The molecule has 1 spiro atoms. The lowest BCUT2D eigenvalue weighted by atomic mass is 9.81. The molecular formula is C38H32N6O8. The maximum Gasteiger partial charge on any atom is 0.319 e. The summed E-state index contributed by atoms with van der Waals surface area (Å²) < 4.78 is 11.2. The van der Waals surface area contributed by atoms with E-state index in [1.54, 1.807) is 23.1 Å². The van der Waals surface area contributed by atoms with E-state index >= 15 is 0 Å². The third-order valence-electron chi connectivity index (χ3n) is 11.7. The second kappa shape index (κ2) is 10.1. The highest BCUT2D eigenvalue weighted by Crippen LogP contribution is 2.66. The molecule has 2 fully saturated rings. The second-order valence-electron chi connectivity index (χ2n) is 14.0. The van der Waals surface area contributed by atoms with Crippen LogP contribution in [-0.4, -0.2) is 82.6 Å². The molecule has 3 aromatic carbocycles. The number of ketones is 1. The zero-order valence-electron chi connectivity index (χ0n) is 28.1. The molecule has 5 aromatic rings. The number of amides is 4. The van der Waals surface area contributed by atoms with Gasteiger partial charge >= 0.3 is 6.03 Å². The van der Waals surface area contributed by atoms with Crippen molar-refractivity contribution in [3.8, 4) is 23.0 Å². The van der Waals surface area contributed by atoms with Crippen molar-refractivity contribution in [1.82, 2.24) is 14.9 Å². The smallest absolute Gasteiger partial charge is 0.319 e. The van der Waals surface area contributed by atoms with Crippen molar-refractivity contribution >= 4 is 56.8 Å². The standard InChI is InChI=1S/C38H32N6O8/c1-51-33-27-20(12-24(41-27)36(49)44-15-16-14-38(16)22-6-4-3-5-19(22)25(45)13-26(38)44)17-7-9-42(29(17)31(33)46)35(48)23-11-21-18-8-10-43(37(39)50)30(18)32(47)34(52-2)28(21)40-23/h3-6,11-13,16,40-41,46-47H,7-10,14-15H2,1-2H3,(H2,39,50)/t16-,38-/m1/s1. The van der Waals surface area contributed by atoms with Gasteiger partial charge in [0, 0.05) is 53.2 Å². The van der Waals surface area contributed by atoms with Crippen LogP contribution in [0.3, 0.4) is 0 Å². The zero-order chi connectivity index (χ0) is 36.0. The van der Waals surface area contributed by atoms with Gasteiger partial charge in [0.25, 0.3) is 11.8 Å². The summed E-state index contributed by atoms with van der Waals surface area (Å²) in [6.07, 6.45) is 3.29. The van der Waals surface area contributed by atoms with Crippen LogP contribution in [0.25, 0.3) is 21.8 Å². The largest absolute Gasteiger partial charge is 0.503 e. The number of anilines is 2. The van der Waals surface area contributed by atoms with Gasteiger partial charge in [-0.1, -0.05) is 24.3 Å². The maximum atomic E-state index is 14.2. The molecule has 6 N–H and O–H groups in total. The topological polar surface area (TPSA) is 195 Å². The number of aromatic hydroxyl groups is 2. The van der Waals surface area contributed by atoms with Gasteiger partial charge in [-0.25, -0.2) is 4.79 Å². The van der Waals surface area contributed by atoms with Crippen LogP contribution in [0.2, 0.25) is 0 Å². The summed E-state index contributed by atoms with van der Waals surface area (Å²) in [5.74, 6) is -0.989. The summed E-state index contributed by atoms with van der Waals surface area (Å²) in [6, 6.07) is 10.3. The molecule has 1 saturated carbocycles. The zero-order valence-corrected chi connectivity index (χ0v) is 28.1. The number of carbonyl (C=O) groups excluding carboxylic acids is 4. The number of fused-ring (bicyclic) bond motifs is 7.